The minimum Gasteiger partial charge on any atom is -0.459 e. The van der Waals surface area contributed by atoms with Gasteiger partial charge in [-0.3, -0.25) is 4.79 Å². The summed E-state index contributed by atoms with van der Waals surface area (Å²) in [6.07, 6.45) is 3.67. The fraction of sp³-hybridized carbons (Fsp3) is 0.333. The number of nitrogens with zero attached hydrogens (tertiary/aromatic N) is 1. The molecule has 4 rings (SSSR count). The summed E-state index contributed by atoms with van der Waals surface area (Å²) in [4.78, 5) is 25.2. The van der Waals surface area contributed by atoms with Gasteiger partial charge in [0.2, 0.25) is 12.7 Å². The Kier molecular flexibility index (Phi) is 2.63. The minimum absolute atomic E-state index is 0.134. The first-order valence-corrected chi connectivity index (χ1v) is 6.79. The van der Waals surface area contributed by atoms with Gasteiger partial charge in [0.05, 0.1) is 6.54 Å². The normalized spacial score (nSPS) is 25.7. The van der Waals surface area contributed by atoms with Gasteiger partial charge >= 0.3 is 5.97 Å². The molecule has 21 heavy (non-hydrogen) atoms. The molecular weight excluding hydrogens is 274 g/mol. The monoisotopic (exact) mass is 287 g/mol. The Morgan fingerprint density at radius 2 is 2.14 bits per heavy atom. The number of rotatable bonds is 2. The van der Waals surface area contributed by atoms with E-state index >= 15 is 0 Å². The van der Waals surface area contributed by atoms with E-state index in [0.29, 0.717) is 24.5 Å². The van der Waals surface area contributed by atoms with Crippen LogP contribution in [0.3, 0.4) is 0 Å². The molecular formula is C15H13NO5. The molecule has 0 saturated carbocycles. The number of likely N-dealkylation sites (tertiary alicyclic amines) is 1. The number of hydrogen-bond donors (Lipinski definition) is 0. The van der Waals surface area contributed by atoms with Gasteiger partial charge in [-0.05, 0) is 23.8 Å². The number of hydrogen-bond acceptors (Lipinski definition) is 5. The SMILES string of the molecule is O=C1OC2CC1N(C(=O)C=Cc1ccc3c(c1)OCO3)C2. The Balaban J connectivity index is 1.48. The van der Waals surface area contributed by atoms with Crippen molar-refractivity contribution in [3.63, 3.8) is 0 Å². The fourth-order valence-electron chi connectivity index (χ4n) is 2.87. The quantitative estimate of drug-likeness (QED) is 0.598. The van der Waals surface area contributed by atoms with E-state index in [9.17, 15) is 9.59 Å². The summed E-state index contributed by atoms with van der Waals surface area (Å²) in [5.41, 5.74) is 0.847. The largest absolute Gasteiger partial charge is 0.459 e. The molecule has 3 aliphatic heterocycles. The smallest absolute Gasteiger partial charge is 0.329 e. The summed E-state index contributed by atoms with van der Waals surface area (Å²) in [7, 11) is 0. The summed E-state index contributed by atoms with van der Waals surface area (Å²) in [5, 5.41) is 0. The maximum absolute atomic E-state index is 12.2. The van der Waals surface area contributed by atoms with Gasteiger partial charge in [0.15, 0.2) is 11.5 Å². The van der Waals surface area contributed by atoms with Crippen LogP contribution in [0.15, 0.2) is 24.3 Å². The maximum atomic E-state index is 12.2. The molecule has 1 aromatic carbocycles. The molecule has 6 heteroatoms. The molecule has 2 unspecified atom stereocenters. The minimum atomic E-state index is -0.413. The summed E-state index contributed by atoms with van der Waals surface area (Å²) in [5.74, 6) is 0.916. The van der Waals surface area contributed by atoms with Gasteiger partial charge in [0.1, 0.15) is 12.1 Å². The van der Waals surface area contributed by atoms with E-state index in [4.69, 9.17) is 14.2 Å². The predicted octanol–water partition coefficient (Wildman–Crippen LogP) is 0.955. The van der Waals surface area contributed by atoms with Crippen LogP contribution in [-0.2, 0) is 14.3 Å². The summed E-state index contributed by atoms with van der Waals surface area (Å²) < 4.78 is 15.6. The second-order valence-corrected chi connectivity index (χ2v) is 5.25. The third-order valence-electron chi connectivity index (χ3n) is 3.92. The molecule has 0 radical (unpaired) electrons. The average molecular weight is 287 g/mol. The Labute approximate surface area is 120 Å². The van der Waals surface area contributed by atoms with Crippen molar-refractivity contribution in [2.75, 3.05) is 13.3 Å². The van der Waals surface area contributed by atoms with Gasteiger partial charge in [-0.1, -0.05) is 6.07 Å². The van der Waals surface area contributed by atoms with Crippen LogP contribution in [0.2, 0.25) is 0 Å². The second kappa shape index (κ2) is 4.51. The second-order valence-electron chi connectivity index (χ2n) is 5.25. The highest BCUT2D eigenvalue weighted by Gasteiger charge is 2.47. The standard InChI is InChI=1S/C15H13NO5/c17-14(16-7-10-6-11(16)15(18)21-10)4-2-9-1-3-12-13(5-9)20-8-19-12/h1-5,10-11H,6-8H2. The van der Waals surface area contributed by atoms with Gasteiger partial charge in [-0.15, -0.1) is 0 Å². The van der Waals surface area contributed by atoms with E-state index in [-0.39, 0.29) is 24.8 Å². The number of carbonyl (C=O) groups is 2. The van der Waals surface area contributed by atoms with E-state index < -0.39 is 6.04 Å². The van der Waals surface area contributed by atoms with Crippen LogP contribution in [0, 0.1) is 0 Å². The summed E-state index contributed by atoms with van der Waals surface area (Å²) in [6.45, 7) is 0.709. The molecule has 2 atom stereocenters. The topological polar surface area (TPSA) is 65.1 Å². The Hall–Kier alpha value is -2.50. The van der Waals surface area contributed by atoms with Crippen LogP contribution in [0.4, 0.5) is 0 Å². The van der Waals surface area contributed by atoms with Crippen molar-refractivity contribution in [2.45, 2.75) is 18.6 Å². The highest BCUT2D eigenvalue weighted by atomic mass is 16.7. The van der Waals surface area contributed by atoms with Gasteiger partial charge in [-0.2, -0.15) is 0 Å². The van der Waals surface area contributed by atoms with E-state index in [1.165, 1.54) is 6.08 Å². The fourth-order valence-corrected chi connectivity index (χ4v) is 2.87. The van der Waals surface area contributed by atoms with Crippen molar-refractivity contribution < 1.29 is 23.8 Å². The van der Waals surface area contributed by atoms with Crippen molar-refractivity contribution in [3.05, 3.63) is 29.8 Å². The number of ether oxygens (including phenoxy) is 3. The first-order valence-electron chi connectivity index (χ1n) is 6.79. The van der Waals surface area contributed by atoms with Crippen molar-refractivity contribution in [2.24, 2.45) is 0 Å². The Morgan fingerprint density at radius 3 is 2.95 bits per heavy atom. The molecule has 2 fully saturated rings. The molecule has 6 nitrogen and oxygen atoms in total. The van der Waals surface area contributed by atoms with Crippen LogP contribution in [-0.4, -0.2) is 42.3 Å². The number of carbonyl (C=O) groups excluding carboxylic acids is 2. The van der Waals surface area contributed by atoms with E-state index in [1.807, 2.05) is 18.2 Å². The lowest BCUT2D eigenvalue weighted by atomic mass is 10.2. The zero-order chi connectivity index (χ0) is 14.4. The lowest BCUT2D eigenvalue weighted by Gasteiger charge is -2.24. The molecule has 0 N–H and O–H groups in total. The number of morpholine rings is 1. The average Bonchev–Trinajstić information content (AvgIpc) is 3.18. The highest BCUT2D eigenvalue weighted by molar-refractivity contribution is 5.96. The molecule has 1 amide bonds. The molecule has 0 spiro atoms. The van der Waals surface area contributed by atoms with Crippen LogP contribution >= 0.6 is 0 Å². The highest BCUT2D eigenvalue weighted by Crippen LogP contribution is 2.33. The third-order valence-corrected chi connectivity index (χ3v) is 3.92. The zero-order valence-corrected chi connectivity index (χ0v) is 11.2. The lowest BCUT2D eigenvalue weighted by molar-refractivity contribution is -0.155. The molecule has 2 saturated heterocycles. The van der Waals surface area contributed by atoms with Gasteiger partial charge < -0.3 is 19.1 Å². The van der Waals surface area contributed by atoms with Crippen molar-refractivity contribution in [1.82, 2.24) is 4.90 Å². The van der Waals surface area contributed by atoms with E-state index in [0.717, 1.165) is 5.56 Å². The predicted molar refractivity (Wildman–Crippen MR) is 71.6 cm³/mol. The molecule has 2 bridgehead atoms. The lowest BCUT2D eigenvalue weighted by Crippen LogP contribution is -2.43. The van der Waals surface area contributed by atoms with Crippen LogP contribution in [0.25, 0.3) is 6.08 Å². The molecule has 3 heterocycles. The van der Waals surface area contributed by atoms with Gasteiger partial charge in [0.25, 0.3) is 0 Å². The first-order chi connectivity index (χ1) is 10.2. The molecule has 3 aliphatic rings. The third kappa shape index (κ3) is 2.03. The van der Waals surface area contributed by atoms with E-state index in [1.54, 1.807) is 11.0 Å². The van der Waals surface area contributed by atoms with Crippen LogP contribution in [0.5, 0.6) is 11.5 Å². The summed E-state index contributed by atoms with van der Waals surface area (Å²) in [6, 6.07) is 5.06. The van der Waals surface area contributed by atoms with E-state index in [2.05, 4.69) is 0 Å². The number of fused-ring (bicyclic) bond motifs is 3. The summed E-state index contributed by atoms with van der Waals surface area (Å²) >= 11 is 0. The van der Waals surface area contributed by atoms with Crippen molar-refractivity contribution in [1.29, 1.82) is 0 Å². The molecule has 108 valence electrons. The van der Waals surface area contributed by atoms with Crippen molar-refractivity contribution >= 4 is 18.0 Å². The zero-order valence-electron chi connectivity index (χ0n) is 11.2. The van der Waals surface area contributed by atoms with Crippen molar-refractivity contribution in [3.8, 4) is 11.5 Å². The molecule has 0 aliphatic carbocycles. The molecule has 0 aromatic heterocycles. The van der Waals surface area contributed by atoms with Crippen LogP contribution in [0.1, 0.15) is 12.0 Å². The van der Waals surface area contributed by atoms with Crippen LogP contribution < -0.4 is 9.47 Å². The Morgan fingerprint density at radius 1 is 1.29 bits per heavy atom. The van der Waals surface area contributed by atoms with Gasteiger partial charge in [-0.25, -0.2) is 4.79 Å². The maximum Gasteiger partial charge on any atom is 0.329 e. The first kappa shape index (κ1) is 12.3. The number of amides is 1. The molecule has 1 aromatic rings. The van der Waals surface area contributed by atoms with Gasteiger partial charge in [0, 0.05) is 12.5 Å². The Bertz CT molecular complexity index is 653. The number of esters is 1. The number of benzene rings is 1.